The van der Waals surface area contributed by atoms with E-state index in [2.05, 4.69) is 55.8 Å². The standard InChI is InChI=1S/C34H34F4N4/c1-6-21-9-8-10-22(7-2)30(21)42-31(25-16-23-13-14-39-29(23)28(35)17-25)27-19-41(33(4,5)32(27)40-42)18-24-11-12-26(15-20(24)3)34(36,37)38/h8-17,39H,6-7,18-19H2,1-5H3. The predicted molar refractivity (Wildman–Crippen MR) is 158 cm³/mol. The number of hydrogen-bond acceptors (Lipinski definition) is 2. The molecule has 5 aromatic rings. The van der Waals surface area contributed by atoms with E-state index in [1.807, 2.05) is 16.8 Å². The number of nitrogens with one attached hydrogen (secondary N) is 1. The van der Waals surface area contributed by atoms with Gasteiger partial charge in [0, 0.05) is 35.8 Å². The summed E-state index contributed by atoms with van der Waals surface area (Å²) in [5, 5.41) is 6.04. The van der Waals surface area contributed by atoms with Crippen LogP contribution in [0.4, 0.5) is 17.6 Å². The molecule has 0 spiro atoms. The average Bonchev–Trinajstić information content (AvgIpc) is 3.63. The number of hydrogen-bond donors (Lipinski definition) is 1. The molecule has 8 heteroatoms. The van der Waals surface area contributed by atoms with Crippen molar-refractivity contribution in [3.63, 3.8) is 0 Å². The van der Waals surface area contributed by atoms with Gasteiger partial charge in [-0.2, -0.15) is 18.3 Å². The van der Waals surface area contributed by atoms with E-state index < -0.39 is 17.3 Å². The first-order chi connectivity index (χ1) is 19.9. The summed E-state index contributed by atoms with van der Waals surface area (Å²) in [6, 6.07) is 15.7. The number of rotatable bonds is 6. The lowest BCUT2D eigenvalue weighted by atomic mass is 9.97. The van der Waals surface area contributed by atoms with Crippen molar-refractivity contribution in [3.05, 3.63) is 106 Å². The van der Waals surface area contributed by atoms with Crippen LogP contribution in [0.3, 0.4) is 0 Å². The fourth-order valence-corrected chi connectivity index (χ4v) is 6.35. The first kappa shape index (κ1) is 28.2. The third kappa shape index (κ3) is 4.53. The zero-order valence-electron chi connectivity index (χ0n) is 24.5. The minimum Gasteiger partial charge on any atom is -0.359 e. The number of para-hydroxylation sites is 1. The van der Waals surface area contributed by atoms with Gasteiger partial charge in [-0.1, -0.05) is 38.1 Å². The van der Waals surface area contributed by atoms with Crippen LogP contribution in [0.1, 0.15) is 66.8 Å². The van der Waals surface area contributed by atoms with Gasteiger partial charge in [-0.3, -0.25) is 4.90 Å². The Kier molecular flexibility index (Phi) is 6.80. The molecule has 0 amide bonds. The highest BCUT2D eigenvalue weighted by Crippen LogP contribution is 2.46. The molecule has 2 aromatic heterocycles. The van der Waals surface area contributed by atoms with E-state index in [1.54, 1.807) is 25.3 Å². The maximum atomic E-state index is 15.4. The number of benzene rings is 3. The van der Waals surface area contributed by atoms with Crippen molar-refractivity contribution >= 4 is 10.9 Å². The van der Waals surface area contributed by atoms with E-state index in [1.165, 1.54) is 6.07 Å². The smallest absolute Gasteiger partial charge is 0.359 e. The number of aryl methyl sites for hydroxylation is 3. The van der Waals surface area contributed by atoms with Gasteiger partial charge in [-0.15, -0.1) is 0 Å². The Morgan fingerprint density at radius 1 is 0.952 bits per heavy atom. The zero-order valence-corrected chi connectivity index (χ0v) is 24.5. The van der Waals surface area contributed by atoms with E-state index in [4.69, 9.17) is 5.10 Å². The van der Waals surface area contributed by atoms with Crippen LogP contribution in [0.5, 0.6) is 0 Å². The van der Waals surface area contributed by atoms with Gasteiger partial charge in [0.05, 0.1) is 33.7 Å². The average molecular weight is 575 g/mol. The quantitative estimate of drug-likeness (QED) is 0.206. The second kappa shape index (κ2) is 10.1. The Morgan fingerprint density at radius 3 is 2.31 bits per heavy atom. The Balaban J connectivity index is 1.52. The minimum atomic E-state index is -4.38. The van der Waals surface area contributed by atoms with Crippen molar-refractivity contribution in [3.8, 4) is 16.9 Å². The van der Waals surface area contributed by atoms with Gasteiger partial charge in [-0.25, -0.2) is 9.07 Å². The van der Waals surface area contributed by atoms with E-state index in [0.717, 1.165) is 69.2 Å². The molecule has 1 aliphatic heterocycles. The molecule has 1 aliphatic rings. The largest absolute Gasteiger partial charge is 0.416 e. The number of aromatic nitrogens is 3. The van der Waals surface area contributed by atoms with Crippen LogP contribution in [0.25, 0.3) is 27.8 Å². The van der Waals surface area contributed by atoms with Gasteiger partial charge in [0.15, 0.2) is 0 Å². The Hall–Kier alpha value is -3.91. The number of H-pyrrole nitrogens is 1. The molecule has 0 fully saturated rings. The van der Waals surface area contributed by atoms with Crippen LogP contribution in [0.2, 0.25) is 0 Å². The lowest BCUT2D eigenvalue weighted by Crippen LogP contribution is -2.36. The maximum absolute atomic E-state index is 15.4. The zero-order chi connectivity index (χ0) is 30.0. The second-order valence-corrected chi connectivity index (χ2v) is 11.7. The Labute approximate surface area is 243 Å². The summed E-state index contributed by atoms with van der Waals surface area (Å²) in [5.74, 6) is -0.331. The topological polar surface area (TPSA) is 36.9 Å². The number of halogens is 4. The molecule has 218 valence electrons. The predicted octanol–water partition coefficient (Wildman–Crippen LogP) is 8.86. The molecule has 0 radical (unpaired) electrons. The van der Waals surface area contributed by atoms with Crippen LogP contribution >= 0.6 is 0 Å². The molecule has 0 bridgehead atoms. The molecule has 42 heavy (non-hydrogen) atoms. The Bertz CT molecular complexity index is 1790. The molecule has 0 unspecified atom stereocenters. The van der Waals surface area contributed by atoms with Gasteiger partial charge in [-0.05, 0) is 86.2 Å². The van der Waals surface area contributed by atoms with E-state index >= 15 is 4.39 Å². The third-order valence-electron chi connectivity index (χ3n) is 8.80. The van der Waals surface area contributed by atoms with Crippen LogP contribution in [0.15, 0.2) is 60.8 Å². The van der Waals surface area contributed by atoms with Crippen LogP contribution in [-0.2, 0) is 37.6 Å². The van der Waals surface area contributed by atoms with Crippen molar-refractivity contribution in [1.29, 1.82) is 0 Å². The molecule has 1 N–H and O–H groups in total. The summed E-state index contributed by atoms with van der Waals surface area (Å²) in [6.45, 7) is 11.2. The normalized spacial score (nSPS) is 15.1. The molecule has 0 aliphatic carbocycles. The molecular weight excluding hydrogens is 540 g/mol. The van der Waals surface area contributed by atoms with Crippen molar-refractivity contribution in [2.75, 3.05) is 0 Å². The first-order valence-electron chi connectivity index (χ1n) is 14.4. The summed E-state index contributed by atoms with van der Waals surface area (Å²) in [7, 11) is 0. The maximum Gasteiger partial charge on any atom is 0.416 e. The summed E-state index contributed by atoms with van der Waals surface area (Å²) >= 11 is 0. The minimum absolute atomic E-state index is 0.331. The lowest BCUT2D eigenvalue weighted by Gasteiger charge is -2.32. The molecule has 3 heterocycles. The number of fused-ring (bicyclic) bond motifs is 2. The fraction of sp³-hybridized carbons (Fsp3) is 0.324. The Morgan fingerprint density at radius 2 is 1.67 bits per heavy atom. The van der Waals surface area contributed by atoms with Gasteiger partial charge >= 0.3 is 6.18 Å². The summed E-state index contributed by atoms with van der Waals surface area (Å²) < 4.78 is 57.3. The van der Waals surface area contributed by atoms with Gasteiger partial charge < -0.3 is 4.98 Å². The summed E-state index contributed by atoms with van der Waals surface area (Å²) in [6.07, 6.45) is -1.01. The van der Waals surface area contributed by atoms with Gasteiger partial charge in [0.1, 0.15) is 5.82 Å². The number of nitrogens with zero attached hydrogens (tertiary/aromatic N) is 3. The molecule has 3 aromatic carbocycles. The monoisotopic (exact) mass is 574 g/mol. The fourth-order valence-electron chi connectivity index (χ4n) is 6.35. The highest BCUT2D eigenvalue weighted by atomic mass is 19.4. The first-order valence-corrected chi connectivity index (χ1v) is 14.4. The van der Waals surface area contributed by atoms with Gasteiger partial charge in [0.25, 0.3) is 0 Å². The summed E-state index contributed by atoms with van der Waals surface area (Å²) in [4.78, 5) is 5.23. The molecule has 0 saturated heterocycles. The van der Waals surface area contributed by atoms with Crippen molar-refractivity contribution in [2.45, 2.75) is 72.3 Å². The molecular formula is C34H34F4N4. The molecule has 0 atom stereocenters. The van der Waals surface area contributed by atoms with Crippen LogP contribution in [-0.4, -0.2) is 19.7 Å². The van der Waals surface area contributed by atoms with Crippen molar-refractivity contribution < 1.29 is 17.6 Å². The SMILES string of the molecule is CCc1cccc(CC)c1-n1nc2c(c1-c1cc(F)c3[nH]ccc3c1)CN(Cc1ccc(C(F)(F)F)cc1C)C2(C)C. The molecule has 6 rings (SSSR count). The number of aromatic amines is 1. The number of alkyl halides is 3. The molecule has 4 nitrogen and oxygen atoms in total. The van der Waals surface area contributed by atoms with E-state index in [-0.39, 0.29) is 5.82 Å². The summed E-state index contributed by atoms with van der Waals surface area (Å²) in [5.41, 5.74) is 7.57. The highest BCUT2D eigenvalue weighted by molar-refractivity contribution is 5.86. The van der Waals surface area contributed by atoms with Gasteiger partial charge in [0.2, 0.25) is 0 Å². The van der Waals surface area contributed by atoms with E-state index in [0.29, 0.717) is 24.2 Å². The lowest BCUT2D eigenvalue weighted by molar-refractivity contribution is -0.137. The van der Waals surface area contributed by atoms with Crippen molar-refractivity contribution in [2.24, 2.45) is 0 Å². The highest BCUT2D eigenvalue weighted by Gasteiger charge is 2.43. The van der Waals surface area contributed by atoms with E-state index in [9.17, 15) is 13.2 Å². The van der Waals surface area contributed by atoms with Crippen LogP contribution < -0.4 is 0 Å². The molecule has 0 saturated carbocycles. The second-order valence-electron chi connectivity index (χ2n) is 11.7. The van der Waals surface area contributed by atoms with Crippen LogP contribution in [0, 0.1) is 12.7 Å². The third-order valence-corrected chi connectivity index (χ3v) is 8.80. The van der Waals surface area contributed by atoms with Crippen molar-refractivity contribution in [1.82, 2.24) is 19.7 Å².